The summed E-state index contributed by atoms with van der Waals surface area (Å²) < 4.78 is 4.80. The Hall–Kier alpha value is -1.24. The lowest BCUT2D eigenvalue weighted by Crippen LogP contribution is -2.29. The lowest BCUT2D eigenvalue weighted by Gasteiger charge is -2.05. The van der Waals surface area contributed by atoms with Crippen LogP contribution in [0.25, 0.3) is 0 Å². The number of benzene rings is 1. The number of halogens is 1. The predicted octanol–water partition coefficient (Wildman–Crippen LogP) is 1.79. The van der Waals surface area contributed by atoms with Gasteiger partial charge in [0.1, 0.15) is 6.61 Å². The van der Waals surface area contributed by atoms with Crippen molar-refractivity contribution in [2.75, 3.05) is 25.5 Å². The molecule has 110 valence electrons. The van der Waals surface area contributed by atoms with Crippen molar-refractivity contribution in [3.05, 3.63) is 34.9 Å². The van der Waals surface area contributed by atoms with Crippen molar-refractivity contribution < 1.29 is 19.4 Å². The second kappa shape index (κ2) is 9.63. The highest BCUT2D eigenvalue weighted by atomic mass is 35.5. The molecule has 0 atom stereocenters. The van der Waals surface area contributed by atoms with Crippen molar-refractivity contribution in [1.82, 2.24) is 5.32 Å². The SMILES string of the molecule is O=C(O)COCCNC(=O)CSCc1ccc(Cl)cc1. The summed E-state index contributed by atoms with van der Waals surface area (Å²) in [6, 6.07) is 7.48. The number of nitrogens with one attached hydrogen (secondary N) is 1. The average molecular weight is 318 g/mol. The second-order valence-corrected chi connectivity index (χ2v) is 5.34. The second-order valence-electron chi connectivity index (χ2n) is 3.92. The average Bonchev–Trinajstić information content (AvgIpc) is 2.40. The van der Waals surface area contributed by atoms with Crippen LogP contribution in [0.3, 0.4) is 0 Å². The number of ether oxygens (including phenoxy) is 1. The molecule has 1 aromatic carbocycles. The van der Waals surface area contributed by atoms with Crippen molar-refractivity contribution in [3.63, 3.8) is 0 Å². The van der Waals surface area contributed by atoms with Crippen LogP contribution in [0.1, 0.15) is 5.56 Å². The first-order valence-electron chi connectivity index (χ1n) is 5.96. The highest BCUT2D eigenvalue weighted by Crippen LogP contribution is 2.15. The van der Waals surface area contributed by atoms with E-state index in [0.29, 0.717) is 17.3 Å². The topological polar surface area (TPSA) is 75.6 Å². The van der Waals surface area contributed by atoms with Gasteiger partial charge in [-0.3, -0.25) is 4.79 Å². The maximum atomic E-state index is 11.5. The Kier molecular flexibility index (Phi) is 8.10. The minimum absolute atomic E-state index is 0.0945. The molecule has 0 saturated carbocycles. The summed E-state index contributed by atoms with van der Waals surface area (Å²) in [5.41, 5.74) is 1.11. The van der Waals surface area contributed by atoms with Crippen LogP contribution in [0, 0.1) is 0 Å². The molecule has 0 aliphatic rings. The van der Waals surface area contributed by atoms with E-state index in [1.807, 2.05) is 24.3 Å². The highest BCUT2D eigenvalue weighted by molar-refractivity contribution is 7.99. The van der Waals surface area contributed by atoms with Crippen molar-refractivity contribution >= 4 is 35.2 Å². The number of carboxylic acid groups (broad SMARTS) is 1. The summed E-state index contributed by atoms with van der Waals surface area (Å²) in [4.78, 5) is 21.6. The molecular weight excluding hydrogens is 302 g/mol. The van der Waals surface area contributed by atoms with Gasteiger partial charge in [0.15, 0.2) is 0 Å². The van der Waals surface area contributed by atoms with Crippen molar-refractivity contribution in [1.29, 1.82) is 0 Å². The zero-order valence-electron chi connectivity index (χ0n) is 10.8. The molecule has 1 amide bonds. The fourth-order valence-corrected chi connectivity index (χ4v) is 2.26. The third kappa shape index (κ3) is 8.04. The quantitative estimate of drug-likeness (QED) is 0.679. The molecule has 1 rings (SSSR count). The summed E-state index contributed by atoms with van der Waals surface area (Å²) in [6.07, 6.45) is 0. The summed E-state index contributed by atoms with van der Waals surface area (Å²) >= 11 is 7.28. The first-order chi connectivity index (χ1) is 9.58. The van der Waals surface area contributed by atoms with Gasteiger partial charge in [-0.2, -0.15) is 0 Å². The molecule has 20 heavy (non-hydrogen) atoms. The van der Waals surface area contributed by atoms with Crippen LogP contribution >= 0.6 is 23.4 Å². The van der Waals surface area contributed by atoms with Gasteiger partial charge in [0, 0.05) is 17.3 Å². The number of carbonyl (C=O) groups excluding carboxylic acids is 1. The van der Waals surface area contributed by atoms with Crippen LogP contribution in [0.5, 0.6) is 0 Å². The van der Waals surface area contributed by atoms with Crippen LogP contribution < -0.4 is 5.32 Å². The van der Waals surface area contributed by atoms with E-state index in [9.17, 15) is 9.59 Å². The molecule has 0 saturated heterocycles. The van der Waals surface area contributed by atoms with Crippen LogP contribution in [0.15, 0.2) is 24.3 Å². The number of amides is 1. The Morgan fingerprint density at radius 2 is 2.00 bits per heavy atom. The lowest BCUT2D eigenvalue weighted by atomic mass is 10.2. The van der Waals surface area contributed by atoms with Gasteiger partial charge < -0.3 is 15.2 Å². The van der Waals surface area contributed by atoms with E-state index < -0.39 is 5.97 Å². The molecule has 7 heteroatoms. The summed E-state index contributed by atoms with van der Waals surface area (Å²) in [7, 11) is 0. The first-order valence-corrected chi connectivity index (χ1v) is 7.49. The number of hydrogen-bond acceptors (Lipinski definition) is 4. The third-order valence-corrected chi connectivity index (χ3v) is 3.46. The molecule has 1 aromatic rings. The number of carboxylic acids is 1. The number of thioether (sulfide) groups is 1. The zero-order valence-corrected chi connectivity index (χ0v) is 12.4. The molecule has 0 radical (unpaired) electrons. The van der Waals surface area contributed by atoms with Crippen molar-refractivity contribution in [2.24, 2.45) is 0 Å². The molecule has 0 aliphatic carbocycles. The zero-order chi connectivity index (χ0) is 14.8. The molecule has 0 bridgehead atoms. The Morgan fingerprint density at radius 3 is 2.65 bits per heavy atom. The van der Waals surface area contributed by atoms with Gasteiger partial charge in [-0.25, -0.2) is 4.79 Å². The number of carbonyl (C=O) groups is 2. The Morgan fingerprint density at radius 1 is 1.30 bits per heavy atom. The fourth-order valence-electron chi connectivity index (χ4n) is 1.32. The van der Waals surface area contributed by atoms with E-state index in [-0.39, 0.29) is 19.1 Å². The van der Waals surface area contributed by atoms with Crippen LogP contribution in [0.2, 0.25) is 5.02 Å². The van der Waals surface area contributed by atoms with Gasteiger partial charge in [-0.05, 0) is 17.7 Å². The molecule has 0 fully saturated rings. The Bertz CT molecular complexity index is 439. The van der Waals surface area contributed by atoms with E-state index in [0.717, 1.165) is 11.3 Å². The monoisotopic (exact) mass is 317 g/mol. The molecular formula is C13H16ClNO4S. The molecule has 5 nitrogen and oxygen atoms in total. The van der Waals surface area contributed by atoms with Gasteiger partial charge >= 0.3 is 5.97 Å². The molecule has 0 spiro atoms. The van der Waals surface area contributed by atoms with Gasteiger partial charge in [0.05, 0.1) is 12.4 Å². The molecule has 0 unspecified atom stereocenters. The molecule has 0 heterocycles. The van der Waals surface area contributed by atoms with E-state index in [1.54, 1.807) is 0 Å². The van der Waals surface area contributed by atoms with Crippen molar-refractivity contribution in [3.8, 4) is 0 Å². The van der Waals surface area contributed by atoms with Gasteiger partial charge in [0.2, 0.25) is 5.91 Å². The smallest absolute Gasteiger partial charge is 0.329 e. The largest absolute Gasteiger partial charge is 0.480 e. The van der Waals surface area contributed by atoms with Gasteiger partial charge in [-0.15, -0.1) is 11.8 Å². The molecule has 0 aromatic heterocycles. The van der Waals surface area contributed by atoms with E-state index in [1.165, 1.54) is 11.8 Å². The summed E-state index contributed by atoms with van der Waals surface area (Å²) in [6.45, 7) is 0.161. The normalized spacial score (nSPS) is 10.2. The highest BCUT2D eigenvalue weighted by Gasteiger charge is 2.02. The predicted molar refractivity (Wildman–Crippen MR) is 79.1 cm³/mol. The first kappa shape index (κ1) is 16.8. The van der Waals surface area contributed by atoms with Crippen molar-refractivity contribution in [2.45, 2.75) is 5.75 Å². The summed E-state index contributed by atoms with van der Waals surface area (Å²) in [5.74, 6) is -0.0282. The number of aliphatic carboxylic acids is 1. The Labute approximate surface area is 126 Å². The van der Waals surface area contributed by atoms with Gasteiger partial charge in [0.25, 0.3) is 0 Å². The van der Waals surface area contributed by atoms with E-state index >= 15 is 0 Å². The van der Waals surface area contributed by atoms with Crippen LogP contribution in [0.4, 0.5) is 0 Å². The minimum Gasteiger partial charge on any atom is -0.480 e. The lowest BCUT2D eigenvalue weighted by molar-refractivity contribution is -0.142. The van der Waals surface area contributed by atoms with Crippen LogP contribution in [-0.2, 0) is 20.1 Å². The minimum atomic E-state index is -1.02. The summed E-state index contributed by atoms with van der Waals surface area (Å²) in [5, 5.41) is 11.7. The van der Waals surface area contributed by atoms with Gasteiger partial charge in [-0.1, -0.05) is 23.7 Å². The number of hydrogen-bond donors (Lipinski definition) is 2. The maximum Gasteiger partial charge on any atom is 0.329 e. The van der Waals surface area contributed by atoms with E-state index in [4.69, 9.17) is 21.4 Å². The maximum absolute atomic E-state index is 11.5. The standard InChI is InChI=1S/C13H16ClNO4S/c14-11-3-1-10(2-4-11)8-20-9-12(16)15-5-6-19-7-13(17)18/h1-4H,5-9H2,(H,15,16)(H,17,18). The Balaban J connectivity index is 2.05. The molecule has 0 aliphatic heterocycles. The fraction of sp³-hybridized carbons (Fsp3) is 0.385. The van der Waals surface area contributed by atoms with Crippen LogP contribution in [-0.4, -0.2) is 42.5 Å². The molecule has 2 N–H and O–H groups in total. The van der Waals surface area contributed by atoms with E-state index in [2.05, 4.69) is 5.32 Å². The number of rotatable bonds is 9. The third-order valence-electron chi connectivity index (χ3n) is 2.21.